The van der Waals surface area contributed by atoms with E-state index in [1.165, 1.54) is 16.7 Å². The molecule has 1 N–H and O–H groups in total. The van der Waals surface area contributed by atoms with E-state index in [2.05, 4.69) is 48.3 Å². The van der Waals surface area contributed by atoms with E-state index in [-0.39, 0.29) is 11.9 Å². The quantitative estimate of drug-likeness (QED) is 0.615. The number of hydrogen-bond donors (Lipinski definition) is 1. The summed E-state index contributed by atoms with van der Waals surface area (Å²) in [6, 6.07) is 16.6. The first-order chi connectivity index (χ1) is 13.6. The zero-order chi connectivity index (χ0) is 19.5. The number of carbonyl (C=O) groups excluding carboxylic acids is 1. The van der Waals surface area contributed by atoms with Crippen molar-refractivity contribution in [3.8, 4) is 0 Å². The van der Waals surface area contributed by atoms with Crippen LogP contribution in [0.25, 0.3) is 10.2 Å². The minimum atomic E-state index is 0.0566. The third kappa shape index (κ3) is 4.10. The van der Waals surface area contributed by atoms with Crippen molar-refractivity contribution in [3.05, 3.63) is 59.1 Å². The average Bonchev–Trinajstić information content (AvgIpc) is 3.12. The normalized spacial score (nSPS) is 17.9. The third-order valence-corrected chi connectivity index (χ3v) is 6.55. The highest BCUT2D eigenvalue weighted by Gasteiger charge is 2.28. The highest BCUT2D eigenvalue weighted by Crippen LogP contribution is 2.35. The molecule has 3 aromatic rings. The number of fused-ring (bicyclic) bond motifs is 1. The molecule has 4 nitrogen and oxygen atoms in total. The van der Waals surface area contributed by atoms with Crippen molar-refractivity contribution < 1.29 is 4.79 Å². The lowest BCUT2D eigenvalue weighted by atomic mass is 10.0. The first-order valence-electron chi connectivity index (χ1n) is 10.1. The molecule has 1 saturated heterocycles. The van der Waals surface area contributed by atoms with Crippen LogP contribution >= 0.6 is 11.3 Å². The molecule has 0 bridgehead atoms. The predicted octanol–water partition coefficient (Wildman–Crippen LogP) is 5.59. The fraction of sp³-hybridized carbons (Fsp3) is 0.391. The van der Waals surface area contributed by atoms with Gasteiger partial charge in [-0.05, 0) is 49.1 Å². The summed E-state index contributed by atoms with van der Waals surface area (Å²) in [5.41, 5.74) is 3.16. The molecule has 0 saturated carbocycles. The number of anilines is 1. The van der Waals surface area contributed by atoms with Gasteiger partial charge in [0.05, 0.1) is 22.8 Å². The Bertz CT molecular complexity index is 932. The lowest BCUT2D eigenvalue weighted by Crippen LogP contribution is -2.39. The number of nitrogens with zero attached hydrogens (tertiary/aromatic N) is 2. The summed E-state index contributed by atoms with van der Waals surface area (Å²) in [6.45, 7) is 5.66. The maximum atomic E-state index is 12.8. The highest BCUT2D eigenvalue weighted by molar-refractivity contribution is 7.18. The van der Waals surface area contributed by atoms with Gasteiger partial charge in [-0.3, -0.25) is 9.69 Å². The van der Waals surface area contributed by atoms with Crippen LogP contribution in [0.4, 0.5) is 5.69 Å². The molecule has 5 heteroatoms. The van der Waals surface area contributed by atoms with Crippen molar-refractivity contribution >= 4 is 33.1 Å². The second kappa shape index (κ2) is 8.41. The van der Waals surface area contributed by atoms with Crippen LogP contribution in [0.1, 0.15) is 55.6 Å². The summed E-state index contributed by atoms with van der Waals surface area (Å²) < 4.78 is 1.22. The first-order valence-corrected chi connectivity index (χ1v) is 10.9. The number of rotatable bonds is 5. The van der Waals surface area contributed by atoms with Crippen LogP contribution in [0.2, 0.25) is 0 Å². The molecule has 4 rings (SSSR count). The van der Waals surface area contributed by atoms with Gasteiger partial charge >= 0.3 is 0 Å². The fourth-order valence-electron chi connectivity index (χ4n) is 3.98. The molecule has 1 amide bonds. The van der Waals surface area contributed by atoms with Gasteiger partial charge in [0, 0.05) is 5.69 Å². The lowest BCUT2D eigenvalue weighted by Gasteiger charge is -2.33. The number of piperidine rings is 1. The van der Waals surface area contributed by atoms with Crippen LogP contribution in [0, 0.1) is 0 Å². The van der Waals surface area contributed by atoms with Gasteiger partial charge in [0.2, 0.25) is 5.91 Å². The summed E-state index contributed by atoms with van der Waals surface area (Å²) in [5.74, 6) is 0.433. The van der Waals surface area contributed by atoms with E-state index in [4.69, 9.17) is 4.98 Å². The van der Waals surface area contributed by atoms with E-state index in [0.717, 1.165) is 35.6 Å². The number of hydrogen-bond acceptors (Lipinski definition) is 4. The maximum Gasteiger partial charge on any atom is 0.238 e. The minimum absolute atomic E-state index is 0.0566. The Kier molecular flexibility index (Phi) is 5.74. The Morgan fingerprint density at radius 3 is 2.79 bits per heavy atom. The maximum absolute atomic E-state index is 12.8. The molecular formula is C23H27N3OS. The Labute approximate surface area is 170 Å². The molecule has 1 aromatic heterocycles. The van der Waals surface area contributed by atoms with Gasteiger partial charge in [0.1, 0.15) is 5.01 Å². The summed E-state index contributed by atoms with van der Waals surface area (Å²) in [5, 5.41) is 4.28. The zero-order valence-electron chi connectivity index (χ0n) is 16.5. The largest absolute Gasteiger partial charge is 0.325 e. The number of benzene rings is 2. The van der Waals surface area contributed by atoms with E-state index in [0.29, 0.717) is 12.5 Å². The van der Waals surface area contributed by atoms with Crippen LogP contribution in [0.3, 0.4) is 0 Å². The Morgan fingerprint density at radius 2 is 1.96 bits per heavy atom. The van der Waals surface area contributed by atoms with Crippen molar-refractivity contribution in [1.82, 2.24) is 9.88 Å². The molecule has 2 aromatic carbocycles. The van der Waals surface area contributed by atoms with Gasteiger partial charge < -0.3 is 5.32 Å². The number of amides is 1. The minimum Gasteiger partial charge on any atom is -0.325 e. The van der Waals surface area contributed by atoms with E-state index in [1.807, 2.05) is 24.3 Å². The molecule has 0 unspecified atom stereocenters. The molecule has 1 aliphatic heterocycles. The molecular weight excluding hydrogens is 366 g/mol. The van der Waals surface area contributed by atoms with Gasteiger partial charge in [0.25, 0.3) is 0 Å². The predicted molar refractivity (Wildman–Crippen MR) is 117 cm³/mol. The molecule has 2 heterocycles. The van der Waals surface area contributed by atoms with Gasteiger partial charge in [-0.15, -0.1) is 11.3 Å². The van der Waals surface area contributed by atoms with Crippen LogP contribution in [-0.4, -0.2) is 28.9 Å². The van der Waals surface area contributed by atoms with Gasteiger partial charge in [0.15, 0.2) is 0 Å². The van der Waals surface area contributed by atoms with Crippen LogP contribution in [0.15, 0.2) is 48.5 Å². The molecule has 1 aliphatic rings. The van der Waals surface area contributed by atoms with Crippen molar-refractivity contribution in [3.63, 3.8) is 0 Å². The molecule has 1 atom stereocenters. The van der Waals surface area contributed by atoms with Crippen molar-refractivity contribution in [1.29, 1.82) is 0 Å². The third-order valence-electron chi connectivity index (χ3n) is 5.41. The first kappa shape index (κ1) is 19.1. The Morgan fingerprint density at radius 1 is 1.18 bits per heavy atom. The van der Waals surface area contributed by atoms with E-state index in [9.17, 15) is 4.79 Å². The van der Waals surface area contributed by atoms with Crippen LogP contribution in [0.5, 0.6) is 0 Å². The topological polar surface area (TPSA) is 45.2 Å². The van der Waals surface area contributed by atoms with E-state index in [1.54, 1.807) is 11.3 Å². The monoisotopic (exact) mass is 393 g/mol. The molecule has 0 radical (unpaired) electrons. The molecule has 0 spiro atoms. The summed E-state index contributed by atoms with van der Waals surface area (Å²) in [7, 11) is 0. The molecule has 0 aliphatic carbocycles. The smallest absolute Gasteiger partial charge is 0.238 e. The number of thiazole rings is 1. The van der Waals surface area contributed by atoms with E-state index >= 15 is 0 Å². The number of para-hydroxylation sites is 2. The van der Waals surface area contributed by atoms with Crippen molar-refractivity contribution in [2.45, 2.75) is 45.1 Å². The summed E-state index contributed by atoms with van der Waals surface area (Å²) >= 11 is 1.76. The highest BCUT2D eigenvalue weighted by atomic mass is 32.1. The number of carbonyl (C=O) groups is 1. The standard InChI is InChI=1S/C23H27N3OS/c1-16(2)17-9-3-4-10-18(17)24-22(27)15-26-14-8-7-12-20(26)23-25-19-11-5-6-13-21(19)28-23/h3-6,9-11,13,16,20H,7-8,12,14-15H2,1-2H3,(H,24,27)/t20-/m0/s1. The molecule has 1 fully saturated rings. The van der Waals surface area contributed by atoms with E-state index < -0.39 is 0 Å². The van der Waals surface area contributed by atoms with Gasteiger partial charge in [-0.2, -0.15) is 0 Å². The summed E-state index contributed by atoms with van der Waals surface area (Å²) in [6.07, 6.45) is 3.39. The van der Waals surface area contributed by atoms with Crippen molar-refractivity contribution in [2.75, 3.05) is 18.4 Å². The van der Waals surface area contributed by atoms with Crippen molar-refractivity contribution in [2.24, 2.45) is 0 Å². The lowest BCUT2D eigenvalue weighted by molar-refractivity contribution is -0.118. The van der Waals surface area contributed by atoms with Crippen LogP contribution < -0.4 is 5.32 Å². The summed E-state index contributed by atoms with van der Waals surface area (Å²) in [4.78, 5) is 20.0. The Hall–Kier alpha value is -2.24. The number of likely N-dealkylation sites (tertiary alicyclic amines) is 1. The average molecular weight is 394 g/mol. The number of aromatic nitrogens is 1. The van der Waals surface area contributed by atoms with Gasteiger partial charge in [-0.1, -0.05) is 50.6 Å². The molecule has 146 valence electrons. The Balaban J connectivity index is 1.50. The van der Waals surface area contributed by atoms with Gasteiger partial charge in [-0.25, -0.2) is 4.98 Å². The SMILES string of the molecule is CC(C)c1ccccc1NC(=O)CN1CCCC[C@H]1c1nc2ccccc2s1. The second-order valence-corrected chi connectivity index (χ2v) is 8.85. The zero-order valence-corrected chi connectivity index (χ0v) is 17.3. The van der Waals surface area contributed by atoms with Crippen LogP contribution in [-0.2, 0) is 4.79 Å². The fourth-order valence-corrected chi connectivity index (χ4v) is 5.12. The molecule has 28 heavy (non-hydrogen) atoms. The second-order valence-electron chi connectivity index (χ2n) is 7.79. The number of nitrogens with one attached hydrogen (secondary N) is 1.